The molecule has 0 aliphatic rings. The maximum Gasteiger partial charge on any atom is 0.341 e. The van der Waals surface area contributed by atoms with Gasteiger partial charge in [-0.15, -0.1) is 0 Å². The minimum Gasteiger partial charge on any atom is -0.490 e. The third-order valence-corrected chi connectivity index (χ3v) is 4.79. The van der Waals surface area contributed by atoms with Gasteiger partial charge in [-0.25, -0.2) is 4.79 Å². The van der Waals surface area contributed by atoms with Crippen LogP contribution in [-0.4, -0.2) is 34.5 Å². The topological polar surface area (TPSA) is 110 Å². The fraction of sp³-hybridized carbons (Fsp3) is 0.280. The van der Waals surface area contributed by atoms with E-state index in [1.165, 1.54) is 0 Å². The Hall–Kier alpha value is -3.16. The quantitative estimate of drug-likeness (QED) is 0.298. The monoisotopic (exact) mass is 507 g/mol. The van der Waals surface area contributed by atoms with E-state index in [1.807, 2.05) is 32.1 Å². The number of H-pyrrole nitrogens is 1. The van der Waals surface area contributed by atoms with Crippen LogP contribution in [0.25, 0.3) is 10.9 Å². The first-order chi connectivity index (χ1) is 16.2. The summed E-state index contributed by atoms with van der Waals surface area (Å²) in [6.45, 7) is 9.61. The molecule has 3 aromatic rings. The molecule has 0 radical (unpaired) electrons. The van der Waals surface area contributed by atoms with Gasteiger partial charge in [0.25, 0.3) is 0 Å². The van der Waals surface area contributed by atoms with E-state index in [0.717, 1.165) is 45.9 Å². The first-order valence-corrected chi connectivity index (χ1v) is 11.4. The van der Waals surface area contributed by atoms with Crippen molar-refractivity contribution in [1.29, 1.82) is 0 Å². The predicted octanol–water partition coefficient (Wildman–Crippen LogP) is 6.54. The molecule has 0 saturated heterocycles. The average molecular weight is 508 g/mol. The summed E-state index contributed by atoms with van der Waals surface area (Å²) in [7, 11) is 0. The Labute approximate surface area is 210 Å². The molecule has 0 saturated carbocycles. The minimum atomic E-state index is -1.04. The van der Waals surface area contributed by atoms with Crippen molar-refractivity contribution < 1.29 is 19.4 Å². The summed E-state index contributed by atoms with van der Waals surface area (Å²) in [5.41, 5.74) is 8.06. The maximum atomic E-state index is 10.4. The number of halogens is 2. The zero-order chi connectivity index (χ0) is 25.5. The lowest BCUT2D eigenvalue weighted by Crippen LogP contribution is -2.09. The number of carbonyl (C=O) groups is 1. The normalized spacial score (nSPS) is 10.4. The van der Waals surface area contributed by atoms with Crippen molar-refractivity contribution in [3.63, 3.8) is 0 Å². The zero-order valence-corrected chi connectivity index (χ0v) is 21.1. The van der Waals surface area contributed by atoms with E-state index in [-0.39, 0.29) is 0 Å². The molecule has 7 nitrogen and oxygen atoms in total. The number of hydrogen-bond acceptors (Lipinski definition) is 5. The number of aromatic amines is 1. The van der Waals surface area contributed by atoms with Crippen molar-refractivity contribution in [2.75, 3.05) is 13.2 Å². The Morgan fingerprint density at radius 3 is 2.44 bits per heavy atom. The number of hydrogen-bond donors (Lipinski definition) is 3. The largest absolute Gasteiger partial charge is 0.490 e. The van der Waals surface area contributed by atoms with Crippen LogP contribution in [0.4, 0.5) is 0 Å². The molecule has 9 heteroatoms. The number of carboxylic acids is 1. The third kappa shape index (κ3) is 10.6. The van der Waals surface area contributed by atoms with Crippen LogP contribution in [-0.2, 0) is 4.79 Å². The highest BCUT2D eigenvalue weighted by Crippen LogP contribution is 2.30. The molecular weight excluding hydrogens is 477 g/mol. The van der Waals surface area contributed by atoms with Gasteiger partial charge in [-0.1, -0.05) is 55.3 Å². The van der Waals surface area contributed by atoms with Crippen molar-refractivity contribution in [2.24, 2.45) is 5.73 Å². The summed E-state index contributed by atoms with van der Waals surface area (Å²) in [4.78, 5) is 10.4. The van der Waals surface area contributed by atoms with Gasteiger partial charge >= 0.3 is 5.97 Å². The van der Waals surface area contributed by atoms with Gasteiger partial charge in [-0.3, -0.25) is 5.10 Å². The highest BCUT2D eigenvalue weighted by atomic mass is 35.5. The number of ether oxygens (including phenoxy) is 2. The van der Waals surface area contributed by atoms with Gasteiger partial charge in [-0.05, 0) is 56.7 Å². The average Bonchev–Trinajstić information content (AvgIpc) is 3.17. The number of fused-ring (bicyclic) bond motifs is 1. The second-order valence-electron chi connectivity index (χ2n) is 7.00. The SMILES string of the molecule is C/C=C(\N)CCC.C=CCOc1ccc(Cl)cc1.Cc1[nH]nc2cc(Cl)c(OCC(=O)O)cc12. The van der Waals surface area contributed by atoms with Crippen LogP contribution in [0.2, 0.25) is 10.0 Å². The summed E-state index contributed by atoms with van der Waals surface area (Å²) >= 11 is 11.6. The van der Waals surface area contributed by atoms with Crippen LogP contribution >= 0.6 is 23.2 Å². The molecule has 0 amide bonds. The summed E-state index contributed by atoms with van der Waals surface area (Å²) in [5, 5.41) is 17.3. The minimum absolute atomic E-state index is 0.347. The molecule has 4 N–H and O–H groups in total. The summed E-state index contributed by atoms with van der Waals surface area (Å²) in [6.07, 6.45) is 5.84. The van der Waals surface area contributed by atoms with E-state index in [0.29, 0.717) is 17.4 Å². The molecule has 0 aliphatic heterocycles. The van der Waals surface area contributed by atoms with Crippen LogP contribution in [0.1, 0.15) is 32.4 Å². The molecule has 1 heterocycles. The molecule has 34 heavy (non-hydrogen) atoms. The number of carboxylic acid groups (broad SMARTS) is 1. The van der Waals surface area contributed by atoms with Crippen molar-refractivity contribution in [1.82, 2.24) is 10.2 Å². The number of aryl methyl sites for hydroxylation is 1. The lowest BCUT2D eigenvalue weighted by molar-refractivity contribution is -0.139. The molecule has 0 aliphatic carbocycles. The number of allylic oxidation sites excluding steroid dienone is 2. The van der Waals surface area contributed by atoms with Crippen LogP contribution in [0.15, 0.2) is 60.8 Å². The van der Waals surface area contributed by atoms with Gasteiger partial charge in [0.2, 0.25) is 0 Å². The second-order valence-corrected chi connectivity index (χ2v) is 7.84. The number of nitrogens with two attached hydrogens (primary N) is 1. The highest BCUT2D eigenvalue weighted by molar-refractivity contribution is 6.32. The van der Waals surface area contributed by atoms with E-state index in [1.54, 1.807) is 30.3 Å². The van der Waals surface area contributed by atoms with Crippen LogP contribution in [0.5, 0.6) is 11.5 Å². The number of aromatic nitrogens is 2. The fourth-order valence-corrected chi connectivity index (χ4v) is 2.85. The van der Waals surface area contributed by atoms with Gasteiger partial charge in [-0.2, -0.15) is 5.10 Å². The Kier molecular flexibility index (Phi) is 13.3. The van der Waals surface area contributed by atoms with Crippen molar-refractivity contribution in [3.05, 3.63) is 76.6 Å². The highest BCUT2D eigenvalue weighted by Gasteiger charge is 2.09. The number of nitrogens with one attached hydrogen (secondary N) is 1. The van der Waals surface area contributed by atoms with Crippen molar-refractivity contribution in [3.8, 4) is 11.5 Å². The molecule has 2 aromatic carbocycles. The molecule has 0 bridgehead atoms. The number of rotatable bonds is 8. The maximum absolute atomic E-state index is 10.4. The van der Waals surface area contributed by atoms with Crippen LogP contribution < -0.4 is 15.2 Å². The summed E-state index contributed by atoms with van der Waals surface area (Å²) in [6, 6.07) is 10.6. The molecule has 3 rings (SSSR count). The molecule has 184 valence electrons. The van der Waals surface area contributed by atoms with Gasteiger partial charge in [0.1, 0.15) is 18.1 Å². The van der Waals surface area contributed by atoms with E-state index in [4.69, 9.17) is 43.5 Å². The van der Waals surface area contributed by atoms with Crippen molar-refractivity contribution in [2.45, 2.75) is 33.6 Å². The van der Waals surface area contributed by atoms with E-state index in [9.17, 15) is 4.79 Å². The fourth-order valence-electron chi connectivity index (χ4n) is 2.51. The molecule has 0 fully saturated rings. The van der Waals surface area contributed by atoms with E-state index in [2.05, 4.69) is 23.7 Å². The van der Waals surface area contributed by atoms with Crippen molar-refractivity contribution >= 4 is 40.1 Å². The van der Waals surface area contributed by atoms with Gasteiger partial charge in [0, 0.05) is 21.8 Å². The van der Waals surface area contributed by atoms with E-state index < -0.39 is 12.6 Å². The molecule has 0 atom stereocenters. The predicted molar refractivity (Wildman–Crippen MR) is 139 cm³/mol. The Balaban J connectivity index is 0.000000280. The summed E-state index contributed by atoms with van der Waals surface area (Å²) < 4.78 is 10.3. The first-order valence-electron chi connectivity index (χ1n) is 10.6. The Morgan fingerprint density at radius 1 is 1.24 bits per heavy atom. The van der Waals surface area contributed by atoms with Gasteiger partial charge < -0.3 is 20.3 Å². The number of nitrogens with zero attached hydrogens (tertiary/aromatic N) is 1. The molecule has 0 spiro atoms. The molecule has 0 unspecified atom stereocenters. The van der Waals surface area contributed by atoms with Crippen LogP contribution in [0, 0.1) is 6.92 Å². The first kappa shape index (κ1) is 28.9. The lowest BCUT2D eigenvalue weighted by atomic mass is 10.2. The zero-order valence-electron chi connectivity index (χ0n) is 19.6. The standard InChI is InChI=1S/C10H9ClN2O3.C9H9ClO.C6H13N/c1-5-6-2-9(16-4-10(14)15)7(11)3-8(6)13-12-5;1-2-7-11-9-5-3-8(10)4-6-9;1-3-5-6(7)4-2/h2-3H,4H2,1H3,(H,12,13)(H,14,15);2-6H,1,7H2;4H,3,5,7H2,1-2H3/b;;6-4-. The summed E-state index contributed by atoms with van der Waals surface area (Å²) in [5.74, 6) is 0.121. The smallest absolute Gasteiger partial charge is 0.341 e. The van der Waals surface area contributed by atoms with Gasteiger partial charge in [0.15, 0.2) is 6.61 Å². The number of benzene rings is 2. The Morgan fingerprint density at radius 2 is 1.91 bits per heavy atom. The molecular formula is C25H31Cl2N3O4. The third-order valence-electron chi connectivity index (χ3n) is 4.24. The Bertz CT molecular complexity index is 1080. The second kappa shape index (κ2) is 15.6. The van der Waals surface area contributed by atoms with Gasteiger partial charge in [0.05, 0.1) is 10.5 Å². The van der Waals surface area contributed by atoms with E-state index >= 15 is 0 Å². The number of aliphatic carboxylic acids is 1. The van der Waals surface area contributed by atoms with Crippen LogP contribution in [0.3, 0.4) is 0 Å². The molecule has 1 aromatic heterocycles. The lowest BCUT2D eigenvalue weighted by Gasteiger charge is -2.05.